The summed E-state index contributed by atoms with van der Waals surface area (Å²) in [6, 6.07) is 10.1. The lowest BCUT2D eigenvalue weighted by atomic mass is 10.1. The predicted molar refractivity (Wildman–Crippen MR) is 83.4 cm³/mol. The van der Waals surface area contributed by atoms with Crippen LogP contribution in [0.2, 0.25) is 0 Å². The number of nitrogens with one attached hydrogen (secondary N) is 1. The Hall–Kier alpha value is -3.03. The number of esters is 1. The van der Waals surface area contributed by atoms with Crippen LogP contribution in [-0.4, -0.2) is 25.6 Å². The molecule has 1 N–H and O–H groups in total. The molecule has 8 heteroatoms. The first kappa shape index (κ1) is 18.3. The van der Waals surface area contributed by atoms with Crippen LogP contribution in [-0.2, 0) is 15.7 Å². The summed E-state index contributed by atoms with van der Waals surface area (Å²) in [7, 11) is 1.48. The molecule has 0 saturated heterocycles. The van der Waals surface area contributed by atoms with Gasteiger partial charge in [-0.3, -0.25) is 4.79 Å². The lowest BCUT2D eigenvalue weighted by Crippen LogP contribution is -2.21. The molecule has 0 aliphatic rings. The van der Waals surface area contributed by atoms with Crippen LogP contribution >= 0.6 is 0 Å². The summed E-state index contributed by atoms with van der Waals surface area (Å²) >= 11 is 0. The third-order valence-electron chi connectivity index (χ3n) is 3.14. The summed E-state index contributed by atoms with van der Waals surface area (Å²) in [5.41, 5.74) is -0.503. The van der Waals surface area contributed by atoms with Crippen LogP contribution < -0.4 is 10.1 Å². The minimum Gasteiger partial charge on any atom is -0.497 e. The Bertz CT molecular complexity index is 757. The van der Waals surface area contributed by atoms with Crippen LogP contribution in [0.5, 0.6) is 5.75 Å². The highest BCUT2D eigenvalue weighted by Gasteiger charge is 2.30. The number of halogens is 3. The van der Waals surface area contributed by atoms with E-state index < -0.39 is 30.2 Å². The van der Waals surface area contributed by atoms with Crippen molar-refractivity contribution in [2.24, 2.45) is 0 Å². The smallest absolute Gasteiger partial charge is 0.416 e. The summed E-state index contributed by atoms with van der Waals surface area (Å²) in [4.78, 5) is 23.5. The minimum absolute atomic E-state index is 0.0813. The summed E-state index contributed by atoms with van der Waals surface area (Å²) in [5, 5.41) is 2.51. The fourth-order valence-corrected chi connectivity index (χ4v) is 1.91. The minimum atomic E-state index is -4.49. The van der Waals surface area contributed by atoms with E-state index in [1.807, 2.05) is 0 Å². The van der Waals surface area contributed by atoms with E-state index in [0.29, 0.717) is 11.4 Å². The molecule has 0 aliphatic carbocycles. The zero-order valence-electron chi connectivity index (χ0n) is 13.1. The maximum absolute atomic E-state index is 12.5. The van der Waals surface area contributed by atoms with Crippen molar-refractivity contribution in [3.05, 3.63) is 59.7 Å². The zero-order chi connectivity index (χ0) is 18.4. The molecule has 0 aromatic heterocycles. The van der Waals surface area contributed by atoms with E-state index in [0.717, 1.165) is 24.3 Å². The molecule has 132 valence electrons. The number of benzene rings is 2. The molecular formula is C17H14F3NO4. The van der Waals surface area contributed by atoms with Crippen molar-refractivity contribution in [1.82, 2.24) is 0 Å². The lowest BCUT2D eigenvalue weighted by Gasteiger charge is -2.09. The van der Waals surface area contributed by atoms with Gasteiger partial charge in [-0.2, -0.15) is 13.2 Å². The summed E-state index contributed by atoms with van der Waals surface area (Å²) in [5.74, 6) is -0.942. The van der Waals surface area contributed by atoms with Gasteiger partial charge in [-0.05, 0) is 36.4 Å². The molecule has 0 heterocycles. The molecule has 0 fully saturated rings. The average molecular weight is 353 g/mol. The van der Waals surface area contributed by atoms with Gasteiger partial charge in [0.1, 0.15) is 5.75 Å². The average Bonchev–Trinajstić information content (AvgIpc) is 2.59. The summed E-state index contributed by atoms with van der Waals surface area (Å²) in [6.07, 6.45) is -4.49. The molecule has 0 saturated carbocycles. The number of alkyl halides is 3. The fraction of sp³-hybridized carbons (Fsp3) is 0.176. The highest BCUT2D eigenvalue weighted by atomic mass is 19.4. The van der Waals surface area contributed by atoms with E-state index >= 15 is 0 Å². The van der Waals surface area contributed by atoms with Gasteiger partial charge in [-0.25, -0.2) is 4.79 Å². The predicted octanol–water partition coefficient (Wildman–Crippen LogP) is 3.51. The van der Waals surface area contributed by atoms with Gasteiger partial charge in [0.25, 0.3) is 5.91 Å². The molecule has 0 spiro atoms. The van der Waals surface area contributed by atoms with Crippen LogP contribution in [0.3, 0.4) is 0 Å². The van der Waals surface area contributed by atoms with Gasteiger partial charge in [0, 0.05) is 11.8 Å². The van der Waals surface area contributed by atoms with Crippen LogP contribution in [0.15, 0.2) is 48.5 Å². The Morgan fingerprint density at radius 2 is 1.76 bits per heavy atom. The molecule has 2 aromatic rings. The van der Waals surface area contributed by atoms with E-state index in [2.05, 4.69) is 5.32 Å². The van der Waals surface area contributed by atoms with Gasteiger partial charge in [0.15, 0.2) is 6.61 Å². The van der Waals surface area contributed by atoms with Crippen molar-refractivity contribution in [2.45, 2.75) is 6.18 Å². The van der Waals surface area contributed by atoms with Crippen molar-refractivity contribution >= 4 is 17.6 Å². The molecule has 0 radical (unpaired) electrons. The van der Waals surface area contributed by atoms with Crippen molar-refractivity contribution in [3.8, 4) is 5.75 Å². The lowest BCUT2D eigenvalue weighted by molar-refractivity contribution is -0.137. The second kappa shape index (κ2) is 7.69. The van der Waals surface area contributed by atoms with Gasteiger partial charge in [-0.1, -0.05) is 6.07 Å². The SMILES string of the molecule is COc1cccc(NC(=O)COC(=O)c2ccc(C(F)(F)F)cc2)c1. The van der Waals surface area contributed by atoms with Gasteiger partial charge < -0.3 is 14.8 Å². The number of hydrogen-bond acceptors (Lipinski definition) is 4. The number of anilines is 1. The van der Waals surface area contributed by atoms with Crippen molar-refractivity contribution < 1.29 is 32.2 Å². The number of hydrogen-bond donors (Lipinski definition) is 1. The molecule has 2 aromatic carbocycles. The van der Waals surface area contributed by atoms with E-state index in [1.165, 1.54) is 7.11 Å². The maximum Gasteiger partial charge on any atom is 0.416 e. The fourth-order valence-electron chi connectivity index (χ4n) is 1.91. The first-order valence-corrected chi connectivity index (χ1v) is 7.08. The molecule has 0 unspecified atom stereocenters. The Morgan fingerprint density at radius 3 is 2.36 bits per heavy atom. The van der Waals surface area contributed by atoms with Gasteiger partial charge in [0.05, 0.1) is 18.2 Å². The maximum atomic E-state index is 12.5. The zero-order valence-corrected chi connectivity index (χ0v) is 13.1. The molecule has 0 aliphatic heterocycles. The molecule has 0 atom stereocenters. The van der Waals surface area contributed by atoms with Crippen LogP contribution in [0.25, 0.3) is 0 Å². The van der Waals surface area contributed by atoms with Crippen LogP contribution in [0, 0.1) is 0 Å². The first-order chi connectivity index (χ1) is 11.8. The van der Waals surface area contributed by atoms with Gasteiger partial charge >= 0.3 is 12.1 Å². The molecule has 2 rings (SSSR count). The molecular weight excluding hydrogens is 339 g/mol. The topological polar surface area (TPSA) is 64.6 Å². The second-order valence-electron chi connectivity index (χ2n) is 4.93. The Labute approximate surface area is 141 Å². The van der Waals surface area contributed by atoms with Crippen LogP contribution in [0.1, 0.15) is 15.9 Å². The largest absolute Gasteiger partial charge is 0.497 e. The Balaban J connectivity index is 1.89. The normalized spacial score (nSPS) is 10.9. The number of methoxy groups -OCH3 is 1. The van der Waals surface area contributed by atoms with E-state index in [4.69, 9.17) is 9.47 Å². The highest BCUT2D eigenvalue weighted by Crippen LogP contribution is 2.29. The van der Waals surface area contributed by atoms with Gasteiger partial charge in [-0.15, -0.1) is 0 Å². The highest BCUT2D eigenvalue weighted by molar-refractivity contribution is 5.95. The number of carbonyl (C=O) groups excluding carboxylic acids is 2. The number of rotatable bonds is 5. The quantitative estimate of drug-likeness (QED) is 0.836. The molecule has 5 nitrogen and oxygen atoms in total. The summed E-state index contributed by atoms with van der Waals surface area (Å²) in [6.45, 7) is -0.572. The van der Waals surface area contributed by atoms with Gasteiger partial charge in [0.2, 0.25) is 0 Å². The number of carbonyl (C=O) groups is 2. The second-order valence-corrected chi connectivity index (χ2v) is 4.93. The number of ether oxygens (including phenoxy) is 2. The third kappa shape index (κ3) is 5.23. The van der Waals surface area contributed by atoms with Crippen molar-refractivity contribution in [2.75, 3.05) is 19.0 Å². The Morgan fingerprint density at radius 1 is 1.08 bits per heavy atom. The van der Waals surface area contributed by atoms with E-state index in [9.17, 15) is 22.8 Å². The monoisotopic (exact) mass is 353 g/mol. The first-order valence-electron chi connectivity index (χ1n) is 7.08. The van der Waals surface area contributed by atoms with Crippen molar-refractivity contribution in [3.63, 3.8) is 0 Å². The standard InChI is InChI=1S/C17H14F3NO4/c1-24-14-4-2-3-13(9-14)21-15(22)10-25-16(23)11-5-7-12(8-6-11)17(18,19)20/h2-9H,10H2,1H3,(H,21,22). The molecule has 1 amide bonds. The summed E-state index contributed by atoms with van der Waals surface area (Å²) < 4.78 is 47.2. The molecule has 0 bridgehead atoms. The Kier molecular flexibility index (Phi) is 5.63. The van der Waals surface area contributed by atoms with Crippen molar-refractivity contribution in [1.29, 1.82) is 0 Å². The molecule has 25 heavy (non-hydrogen) atoms. The van der Waals surface area contributed by atoms with Crippen LogP contribution in [0.4, 0.5) is 18.9 Å². The van der Waals surface area contributed by atoms with E-state index in [1.54, 1.807) is 24.3 Å². The third-order valence-corrected chi connectivity index (χ3v) is 3.14. The number of amides is 1. The van der Waals surface area contributed by atoms with E-state index in [-0.39, 0.29) is 5.56 Å².